The predicted octanol–water partition coefficient (Wildman–Crippen LogP) is -2.18. The maximum atomic E-state index is 5.16. The van der Waals surface area contributed by atoms with Gasteiger partial charge in [-0.15, -0.1) is 0 Å². The first-order valence-electron chi connectivity index (χ1n) is 3.85. The van der Waals surface area contributed by atoms with Gasteiger partial charge in [0.1, 0.15) is 0 Å². The van der Waals surface area contributed by atoms with Crippen molar-refractivity contribution in [3.05, 3.63) is 0 Å². The van der Waals surface area contributed by atoms with E-state index in [1.807, 2.05) is 20.8 Å². The largest absolute Gasteiger partial charge is 1.00 e. The second-order valence-electron chi connectivity index (χ2n) is 1.83. The van der Waals surface area contributed by atoms with Crippen molar-refractivity contribution in [2.75, 3.05) is 19.8 Å². The molecule has 0 fully saturated rings. The van der Waals surface area contributed by atoms with Crippen LogP contribution in [-0.4, -0.2) is 27.1 Å². The van der Waals surface area contributed by atoms with E-state index in [0.717, 1.165) is 0 Å². The van der Waals surface area contributed by atoms with Gasteiger partial charge in [-0.2, -0.15) is 0 Å². The normalized spacial score (nSPS) is 9.82. The summed E-state index contributed by atoms with van der Waals surface area (Å²) in [6, 6.07) is 0. The Kier molecular flexibility index (Phi) is 15.9. The molecule has 3 nitrogen and oxygen atoms in total. The van der Waals surface area contributed by atoms with E-state index >= 15 is 0 Å². The standard InChI is InChI=1S/C6H16BO3.K/c1-4-8-7(9-5-2)10-6-3;/h7H,4-6H2,1-3H3;/q-1;+1. The van der Waals surface area contributed by atoms with Crippen molar-refractivity contribution in [3.63, 3.8) is 0 Å². The van der Waals surface area contributed by atoms with E-state index in [1.165, 1.54) is 0 Å². The van der Waals surface area contributed by atoms with Crippen molar-refractivity contribution >= 4 is 7.32 Å². The zero-order valence-electron chi connectivity index (χ0n) is 8.05. The van der Waals surface area contributed by atoms with Crippen molar-refractivity contribution in [3.8, 4) is 0 Å². The topological polar surface area (TPSA) is 27.7 Å². The molecular weight excluding hydrogens is 170 g/mol. The van der Waals surface area contributed by atoms with Gasteiger partial charge in [-0.3, -0.25) is 0 Å². The molecule has 0 aromatic rings. The van der Waals surface area contributed by atoms with Crippen LogP contribution < -0.4 is 51.4 Å². The van der Waals surface area contributed by atoms with Crippen LogP contribution in [0.4, 0.5) is 0 Å². The minimum absolute atomic E-state index is 0. The first kappa shape index (κ1) is 15.1. The molecule has 0 rings (SSSR count). The first-order chi connectivity index (χ1) is 4.85. The van der Waals surface area contributed by atoms with Gasteiger partial charge in [0.25, 0.3) is 0 Å². The van der Waals surface area contributed by atoms with Gasteiger partial charge in [0.15, 0.2) is 0 Å². The molecule has 0 N–H and O–H groups in total. The van der Waals surface area contributed by atoms with Gasteiger partial charge >= 0.3 is 58.7 Å². The monoisotopic (exact) mass is 186 g/mol. The van der Waals surface area contributed by atoms with Crippen molar-refractivity contribution in [1.82, 2.24) is 0 Å². The Morgan fingerprint density at radius 2 is 1.09 bits per heavy atom. The molecule has 0 aromatic heterocycles. The van der Waals surface area contributed by atoms with E-state index in [0.29, 0.717) is 19.8 Å². The van der Waals surface area contributed by atoms with Crippen LogP contribution in [0.5, 0.6) is 0 Å². The summed E-state index contributed by atoms with van der Waals surface area (Å²) in [7, 11) is -1.23. The zero-order chi connectivity index (χ0) is 7.82. The Bertz CT molecular complexity index is 60.6. The summed E-state index contributed by atoms with van der Waals surface area (Å²) in [5, 5.41) is 0. The van der Waals surface area contributed by atoms with Crippen molar-refractivity contribution in [1.29, 1.82) is 0 Å². The third kappa shape index (κ3) is 9.50. The molecule has 0 aliphatic rings. The van der Waals surface area contributed by atoms with Gasteiger partial charge in [0.05, 0.1) is 0 Å². The Hall–Kier alpha value is 1.58. The summed E-state index contributed by atoms with van der Waals surface area (Å²) in [5.74, 6) is 0. The van der Waals surface area contributed by atoms with Crippen LogP contribution in [0.3, 0.4) is 0 Å². The molecule has 0 saturated carbocycles. The van der Waals surface area contributed by atoms with Gasteiger partial charge in [-0.1, -0.05) is 0 Å². The minimum atomic E-state index is -1.23. The van der Waals surface area contributed by atoms with E-state index in [2.05, 4.69) is 0 Å². The van der Waals surface area contributed by atoms with Gasteiger partial charge in [-0.05, 0) is 40.6 Å². The summed E-state index contributed by atoms with van der Waals surface area (Å²) in [5.41, 5.74) is 0. The fourth-order valence-corrected chi connectivity index (χ4v) is 0.677. The Labute approximate surface area is 112 Å². The summed E-state index contributed by atoms with van der Waals surface area (Å²) in [4.78, 5) is 0. The zero-order valence-corrected chi connectivity index (χ0v) is 11.2. The summed E-state index contributed by atoms with van der Waals surface area (Å²) >= 11 is 0. The van der Waals surface area contributed by atoms with Crippen LogP contribution in [0.15, 0.2) is 0 Å². The molecule has 0 aliphatic carbocycles. The van der Waals surface area contributed by atoms with E-state index in [4.69, 9.17) is 14.0 Å². The molecule has 0 spiro atoms. The average molecular weight is 186 g/mol. The molecule has 62 valence electrons. The smallest absolute Gasteiger partial charge is 0.547 e. The Morgan fingerprint density at radius 1 is 0.818 bits per heavy atom. The Morgan fingerprint density at radius 3 is 1.27 bits per heavy atom. The fourth-order valence-electron chi connectivity index (χ4n) is 0.677. The van der Waals surface area contributed by atoms with Gasteiger partial charge in [0, 0.05) is 0 Å². The third-order valence-corrected chi connectivity index (χ3v) is 1.11. The summed E-state index contributed by atoms with van der Waals surface area (Å²) in [6.45, 7) is 7.74. The average Bonchev–Trinajstić information content (AvgIpc) is 1.90. The molecule has 0 heterocycles. The van der Waals surface area contributed by atoms with Crippen molar-refractivity contribution < 1.29 is 65.3 Å². The molecule has 0 unspecified atom stereocenters. The molecule has 0 bridgehead atoms. The van der Waals surface area contributed by atoms with E-state index in [9.17, 15) is 0 Å². The molecular formula is C6H16BKO3. The van der Waals surface area contributed by atoms with Crippen LogP contribution in [0.1, 0.15) is 20.8 Å². The fraction of sp³-hybridized carbons (Fsp3) is 1.00. The van der Waals surface area contributed by atoms with Crippen LogP contribution in [0.2, 0.25) is 0 Å². The van der Waals surface area contributed by atoms with Crippen LogP contribution >= 0.6 is 0 Å². The van der Waals surface area contributed by atoms with Crippen LogP contribution in [-0.2, 0) is 14.0 Å². The first-order valence-corrected chi connectivity index (χ1v) is 3.85. The van der Waals surface area contributed by atoms with Crippen LogP contribution in [0.25, 0.3) is 0 Å². The SMILES string of the molecule is CCO[BH-](OCC)OCC.[K+]. The van der Waals surface area contributed by atoms with E-state index in [-0.39, 0.29) is 51.4 Å². The molecule has 0 atom stereocenters. The minimum Gasteiger partial charge on any atom is -0.547 e. The van der Waals surface area contributed by atoms with E-state index in [1.54, 1.807) is 0 Å². The maximum absolute atomic E-state index is 5.16. The molecule has 11 heavy (non-hydrogen) atoms. The summed E-state index contributed by atoms with van der Waals surface area (Å²) < 4.78 is 15.5. The number of rotatable bonds is 6. The van der Waals surface area contributed by atoms with E-state index < -0.39 is 7.32 Å². The molecule has 0 saturated heterocycles. The predicted molar refractivity (Wildman–Crippen MR) is 42.0 cm³/mol. The number of hydrogen-bond donors (Lipinski definition) is 0. The second kappa shape index (κ2) is 11.6. The third-order valence-electron chi connectivity index (χ3n) is 1.11. The maximum Gasteiger partial charge on any atom is 1.00 e. The number of hydrogen-bond acceptors (Lipinski definition) is 3. The molecule has 0 radical (unpaired) electrons. The molecule has 0 aromatic carbocycles. The van der Waals surface area contributed by atoms with Crippen molar-refractivity contribution in [2.24, 2.45) is 0 Å². The molecule has 5 heteroatoms. The quantitative estimate of drug-likeness (QED) is 0.441. The Balaban J connectivity index is 0. The summed E-state index contributed by atoms with van der Waals surface area (Å²) in [6.07, 6.45) is 0. The molecule has 0 amide bonds. The van der Waals surface area contributed by atoms with Crippen molar-refractivity contribution in [2.45, 2.75) is 20.8 Å². The molecule has 0 aliphatic heterocycles. The van der Waals surface area contributed by atoms with Gasteiger partial charge in [-0.25, -0.2) is 0 Å². The van der Waals surface area contributed by atoms with Gasteiger partial charge in [0.2, 0.25) is 0 Å². The van der Waals surface area contributed by atoms with Gasteiger partial charge < -0.3 is 14.0 Å². The second-order valence-corrected chi connectivity index (χ2v) is 1.83. The van der Waals surface area contributed by atoms with Crippen LogP contribution in [0, 0.1) is 0 Å².